The van der Waals surface area contributed by atoms with Crippen LogP contribution in [0.15, 0.2) is 28.8 Å². The second-order valence-corrected chi connectivity index (χ2v) is 5.93. The van der Waals surface area contributed by atoms with E-state index in [2.05, 4.69) is 15.5 Å². The van der Waals surface area contributed by atoms with Gasteiger partial charge in [0, 0.05) is 24.4 Å². The first kappa shape index (κ1) is 17.7. The lowest BCUT2D eigenvalue weighted by Crippen LogP contribution is -2.13. The lowest BCUT2D eigenvalue weighted by molar-refractivity contribution is -0.138. The molecule has 0 saturated carbocycles. The average molecular weight is 331 g/mol. The van der Waals surface area contributed by atoms with Crippen molar-refractivity contribution in [1.82, 2.24) is 10.1 Å². The highest BCUT2D eigenvalue weighted by Gasteiger charge is 2.14. The Morgan fingerprint density at radius 2 is 1.88 bits per heavy atom. The van der Waals surface area contributed by atoms with E-state index in [-0.39, 0.29) is 18.2 Å². The molecule has 1 amide bonds. The third-order valence-electron chi connectivity index (χ3n) is 3.63. The normalized spacial score (nSPS) is 12.2. The van der Waals surface area contributed by atoms with Gasteiger partial charge >= 0.3 is 5.97 Å². The number of aryl methyl sites for hydroxylation is 1. The number of hydrogen-bond donors (Lipinski definition) is 2. The molecule has 0 bridgehead atoms. The van der Waals surface area contributed by atoms with E-state index in [9.17, 15) is 9.59 Å². The Hall–Kier alpha value is -2.70. The van der Waals surface area contributed by atoms with Crippen molar-refractivity contribution in [3.05, 3.63) is 41.5 Å². The number of carboxylic acid groups (broad SMARTS) is 1. The molecule has 24 heavy (non-hydrogen) atoms. The molecule has 0 aliphatic rings. The van der Waals surface area contributed by atoms with Crippen LogP contribution in [0, 0.1) is 0 Å². The van der Waals surface area contributed by atoms with E-state index in [4.69, 9.17) is 9.63 Å². The second-order valence-electron chi connectivity index (χ2n) is 5.93. The minimum atomic E-state index is -0.882. The number of carbonyl (C=O) groups excluding carboxylic acids is 1. The molecule has 1 unspecified atom stereocenters. The van der Waals surface area contributed by atoms with E-state index in [0.29, 0.717) is 29.4 Å². The van der Waals surface area contributed by atoms with Gasteiger partial charge in [-0.05, 0) is 24.6 Å². The topological polar surface area (TPSA) is 105 Å². The van der Waals surface area contributed by atoms with E-state index < -0.39 is 11.9 Å². The molecule has 0 aliphatic carbocycles. The number of aromatic nitrogens is 2. The summed E-state index contributed by atoms with van der Waals surface area (Å²) in [4.78, 5) is 27.1. The Morgan fingerprint density at radius 3 is 2.42 bits per heavy atom. The number of benzene rings is 1. The molecule has 0 aliphatic heterocycles. The Balaban J connectivity index is 1.86. The van der Waals surface area contributed by atoms with Crippen LogP contribution in [-0.4, -0.2) is 27.1 Å². The summed E-state index contributed by atoms with van der Waals surface area (Å²) in [5.41, 5.74) is 1.31. The molecule has 1 heterocycles. The predicted octanol–water partition coefficient (Wildman–Crippen LogP) is 2.95. The van der Waals surface area contributed by atoms with Gasteiger partial charge < -0.3 is 14.9 Å². The van der Waals surface area contributed by atoms with Gasteiger partial charge in [-0.25, -0.2) is 0 Å². The van der Waals surface area contributed by atoms with Crippen molar-refractivity contribution < 1.29 is 19.2 Å². The number of anilines is 1. The highest BCUT2D eigenvalue weighted by molar-refractivity contribution is 5.90. The summed E-state index contributed by atoms with van der Waals surface area (Å²) in [5.74, 6) is -0.371. The molecule has 0 saturated heterocycles. The highest BCUT2D eigenvalue weighted by atomic mass is 16.5. The zero-order valence-corrected chi connectivity index (χ0v) is 13.9. The average Bonchev–Trinajstić information content (AvgIpc) is 3.02. The van der Waals surface area contributed by atoms with E-state index in [1.807, 2.05) is 13.8 Å². The Labute approximate surface area is 140 Å². The summed E-state index contributed by atoms with van der Waals surface area (Å²) < 4.78 is 5.09. The minimum absolute atomic E-state index is 0.168. The molecule has 2 rings (SSSR count). The SMILES string of the molecule is CC(C)c1noc(CCC(=O)Nc2ccc(C(C)C(=O)O)cc2)n1. The maximum absolute atomic E-state index is 12.0. The standard InChI is InChI=1S/C17H21N3O4/c1-10(2)16-19-15(24-20-16)9-8-14(21)18-13-6-4-12(5-7-13)11(3)17(22)23/h4-7,10-11H,8-9H2,1-3H3,(H,18,21)(H,22,23). The maximum atomic E-state index is 12.0. The van der Waals surface area contributed by atoms with Crippen molar-refractivity contribution in [2.24, 2.45) is 0 Å². The van der Waals surface area contributed by atoms with Gasteiger partial charge in [-0.2, -0.15) is 4.98 Å². The smallest absolute Gasteiger partial charge is 0.310 e. The van der Waals surface area contributed by atoms with Crippen LogP contribution in [0.4, 0.5) is 5.69 Å². The van der Waals surface area contributed by atoms with Gasteiger partial charge in [0.2, 0.25) is 11.8 Å². The van der Waals surface area contributed by atoms with Crippen molar-refractivity contribution >= 4 is 17.6 Å². The molecule has 7 heteroatoms. The Kier molecular flexibility index (Phi) is 5.68. The van der Waals surface area contributed by atoms with Crippen LogP contribution in [0.25, 0.3) is 0 Å². The molecule has 1 aromatic carbocycles. The minimum Gasteiger partial charge on any atom is -0.481 e. The van der Waals surface area contributed by atoms with Crippen LogP contribution >= 0.6 is 0 Å². The Bertz CT molecular complexity index is 707. The van der Waals surface area contributed by atoms with Crippen molar-refractivity contribution in [2.45, 2.75) is 45.4 Å². The summed E-state index contributed by atoms with van der Waals surface area (Å²) in [7, 11) is 0. The van der Waals surface area contributed by atoms with Crippen LogP contribution in [0.1, 0.15) is 56.3 Å². The predicted molar refractivity (Wildman–Crippen MR) is 87.8 cm³/mol. The largest absolute Gasteiger partial charge is 0.481 e. The van der Waals surface area contributed by atoms with Crippen molar-refractivity contribution in [2.75, 3.05) is 5.32 Å². The van der Waals surface area contributed by atoms with Gasteiger partial charge in [0.25, 0.3) is 0 Å². The number of nitrogens with one attached hydrogen (secondary N) is 1. The van der Waals surface area contributed by atoms with Gasteiger partial charge in [0.15, 0.2) is 5.82 Å². The summed E-state index contributed by atoms with van der Waals surface area (Å²) in [6.07, 6.45) is 0.604. The van der Waals surface area contributed by atoms with Crippen LogP contribution in [0.5, 0.6) is 0 Å². The first-order valence-electron chi connectivity index (χ1n) is 7.82. The van der Waals surface area contributed by atoms with Gasteiger partial charge in [-0.1, -0.05) is 31.1 Å². The van der Waals surface area contributed by atoms with Crippen molar-refractivity contribution in [3.8, 4) is 0 Å². The third kappa shape index (κ3) is 4.65. The summed E-state index contributed by atoms with van der Waals surface area (Å²) >= 11 is 0. The number of nitrogens with zero attached hydrogens (tertiary/aromatic N) is 2. The molecule has 0 radical (unpaired) electrons. The number of aliphatic carboxylic acids is 1. The molecule has 0 fully saturated rings. The van der Waals surface area contributed by atoms with Crippen LogP contribution in [0.3, 0.4) is 0 Å². The maximum Gasteiger partial charge on any atom is 0.310 e. The van der Waals surface area contributed by atoms with Crippen LogP contribution in [0.2, 0.25) is 0 Å². The quantitative estimate of drug-likeness (QED) is 0.808. The molecular weight excluding hydrogens is 310 g/mol. The van der Waals surface area contributed by atoms with Crippen LogP contribution in [-0.2, 0) is 16.0 Å². The number of carbonyl (C=O) groups is 2. The third-order valence-corrected chi connectivity index (χ3v) is 3.63. The lowest BCUT2D eigenvalue weighted by Gasteiger charge is -2.08. The van der Waals surface area contributed by atoms with E-state index >= 15 is 0 Å². The second kappa shape index (κ2) is 7.72. The zero-order valence-electron chi connectivity index (χ0n) is 13.9. The number of amides is 1. The molecule has 128 valence electrons. The summed E-state index contributed by atoms with van der Waals surface area (Å²) in [6, 6.07) is 6.77. The molecule has 7 nitrogen and oxygen atoms in total. The fourth-order valence-electron chi connectivity index (χ4n) is 2.05. The summed E-state index contributed by atoms with van der Waals surface area (Å²) in [6.45, 7) is 5.55. The number of carboxylic acids is 1. The molecule has 1 aromatic heterocycles. The van der Waals surface area contributed by atoms with E-state index in [1.54, 1.807) is 31.2 Å². The number of hydrogen-bond acceptors (Lipinski definition) is 5. The van der Waals surface area contributed by atoms with Gasteiger partial charge in [0.05, 0.1) is 5.92 Å². The molecule has 2 N–H and O–H groups in total. The first-order valence-corrected chi connectivity index (χ1v) is 7.82. The zero-order chi connectivity index (χ0) is 17.7. The highest BCUT2D eigenvalue weighted by Crippen LogP contribution is 2.18. The van der Waals surface area contributed by atoms with E-state index in [1.165, 1.54) is 0 Å². The summed E-state index contributed by atoms with van der Waals surface area (Å²) in [5, 5.41) is 15.6. The Morgan fingerprint density at radius 1 is 1.21 bits per heavy atom. The van der Waals surface area contributed by atoms with Crippen molar-refractivity contribution in [1.29, 1.82) is 0 Å². The molecular formula is C17H21N3O4. The van der Waals surface area contributed by atoms with Gasteiger partial charge in [-0.3, -0.25) is 9.59 Å². The monoisotopic (exact) mass is 331 g/mol. The van der Waals surface area contributed by atoms with Crippen LogP contribution < -0.4 is 5.32 Å². The fraction of sp³-hybridized carbons (Fsp3) is 0.412. The van der Waals surface area contributed by atoms with Crippen molar-refractivity contribution in [3.63, 3.8) is 0 Å². The molecule has 2 aromatic rings. The molecule has 1 atom stereocenters. The van der Waals surface area contributed by atoms with Gasteiger partial charge in [-0.15, -0.1) is 0 Å². The number of rotatable bonds is 7. The molecule has 0 spiro atoms. The van der Waals surface area contributed by atoms with Gasteiger partial charge in [0.1, 0.15) is 0 Å². The lowest BCUT2D eigenvalue weighted by atomic mass is 10.0. The van der Waals surface area contributed by atoms with E-state index in [0.717, 1.165) is 0 Å². The fourth-order valence-corrected chi connectivity index (χ4v) is 2.05. The first-order chi connectivity index (χ1) is 11.4.